The van der Waals surface area contributed by atoms with Crippen LogP contribution in [0.15, 0.2) is 79.0 Å². The van der Waals surface area contributed by atoms with Gasteiger partial charge >= 0.3 is 6.03 Å². The molecule has 0 saturated carbocycles. The number of anilines is 1. The van der Waals surface area contributed by atoms with Crippen LogP contribution in [0.4, 0.5) is 9.93 Å². The van der Waals surface area contributed by atoms with Gasteiger partial charge in [0.15, 0.2) is 5.13 Å². The molecule has 0 unspecified atom stereocenters. The predicted molar refractivity (Wildman–Crippen MR) is 132 cm³/mol. The summed E-state index contributed by atoms with van der Waals surface area (Å²) in [5.41, 5.74) is 0.570. The van der Waals surface area contributed by atoms with Crippen LogP contribution < -0.4 is 10.6 Å². The molecule has 2 heterocycles. The van der Waals surface area contributed by atoms with Gasteiger partial charge in [-0.2, -0.15) is 0 Å². The van der Waals surface area contributed by atoms with E-state index in [4.69, 9.17) is 0 Å². The number of hydrogen-bond acceptors (Lipinski definition) is 5. The Morgan fingerprint density at radius 3 is 2.56 bits per heavy atom. The quantitative estimate of drug-likeness (QED) is 0.411. The van der Waals surface area contributed by atoms with Crippen molar-refractivity contribution in [3.63, 3.8) is 0 Å². The fourth-order valence-corrected chi connectivity index (χ4v) is 4.95. The summed E-state index contributed by atoms with van der Waals surface area (Å²) in [4.78, 5) is 44.7. The van der Waals surface area contributed by atoms with Crippen LogP contribution >= 0.6 is 11.3 Å². The van der Waals surface area contributed by atoms with Gasteiger partial charge in [0.05, 0.1) is 0 Å². The van der Waals surface area contributed by atoms with Crippen molar-refractivity contribution >= 4 is 45.1 Å². The number of thiazole rings is 1. The third-order valence-electron chi connectivity index (χ3n) is 5.92. The maximum Gasteiger partial charge on any atom is 0.325 e. The molecule has 1 aliphatic heterocycles. The van der Waals surface area contributed by atoms with Crippen LogP contribution in [0.5, 0.6) is 0 Å². The number of nitrogens with one attached hydrogen (secondary N) is 2. The number of hydrogen-bond donors (Lipinski definition) is 2. The Kier molecular flexibility index (Phi) is 5.59. The summed E-state index contributed by atoms with van der Waals surface area (Å²) in [7, 11) is 0. The number of rotatable bonds is 6. The van der Waals surface area contributed by atoms with Crippen molar-refractivity contribution in [2.45, 2.75) is 18.9 Å². The normalized spacial score (nSPS) is 17.7. The van der Waals surface area contributed by atoms with E-state index in [9.17, 15) is 14.4 Å². The zero-order valence-corrected chi connectivity index (χ0v) is 19.3. The van der Waals surface area contributed by atoms with Crippen molar-refractivity contribution in [1.82, 2.24) is 15.2 Å². The fourth-order valence-electron chi connectivity index (χ4n) is 4.08. The lowest BCUT2D eigenvalue weighted by Crippen LogP contribution is -2.42. The predicted octanol–water partition coefficient (Wildman–Crippen LogP) is 4.29. The zero-order valence-electron chi connectivity index (χ0n) is 18.4. The van der Waals surface area contributed by atoms with Crippen molar-refractivity contribution in [3.8, 4) is 0 Å². The van der Waals surface area contributed by atoms with Gasteiger partial charge in [0, 0.05) is 17.5 Å². The molecular formula is C26H22N4O3S. The van der Waals surface area contributed by atoms with Crippen LogP contribution in [0, 0.1) is 0 Å². The minimum absolute atomic E-state index is 0.387. The number of nitrogens with zero attached hydrogens (tertiary/aromatic N) is 2. The molecule has 34 heavy (non-hydrogen) atoms. The maximum atomic E-state index is 13.2. The highest BCUT2D eigenvalue weighted by Crippen LogP contribution is 2.31. The molecule has 1 atom stereocenters. The van der Waals surface area contributed by atoms with Gasteiger partial charge in [-0.15, -0.1) is 11.3 Å². The number of carbonyl (C=O) groups is 3. The van der Waals surface area contributed by atoms with Crippen molar-refractivity contribution < 1.29 is 14.4 Å². The Bertz CT molecular complexity index is 1400. The van der Waals surface area contributed by atoms with Crippen molar-refractivity contribution in [3.05, 3.63) is 95.0 Å². The lowest BCUT2D eigenvalue weighted by Gasteiger charge is -2.22. The van der Waals surface area contributed by atoms with Gasteiger partial charge in [-0.3, -0.25) is 14.5 Å². The van der Waals surface area contributed by atoms with E-state index in [1.165, 1.54) is 11.3 Å². The minimum Gasteiger partial charge on any atom is -0.319 e. The van der Waals surface area contributed by atoms with Gasteiger partial charge in [-0.25, -0.2) is 9.78 Å². The second-order valence-electron chi connectivity index (χ2n) is 8.35. The van der Waals surface area contributed by atoms with E-state index >= 15 is 0 Å². The lowest BCUT2D eigenvalue weighted by molar-refractivity contribution is -0.133. The van der Waals surface area contributed by atoms with Crippen LogP contribution in [-0.2, 0) is 21.5 Å². The zero-order chi connectivity index (χ0) is 23.7. The monoisotopic (exact) mass is 470 g/mol. The van der Waals surface area contributed by atoms with E-state index in [-0.39, 0.29) is 6.54 Å². The summed E-state index contributed by atoms with van der Waals surface area (Å²) in [5.74, 6) is -0.946. The number of fused-ring (bicyclic) bond motifs is 1. The van der Waals surface area contributed by atoms with Crippen molar-refractivity contribution in [2.24, 2.45) is 0 Å². The minimum atomic E-state index is -1.24. The first kappa shape index (κ1) is 21.8. The molecule has 1 fully saturated rings. The number of imide groups is 1. The first-order valence-electron chi connectivity index (χ1n) is 10.8. The molecule has 8 heteroatoms. The van der Waals surface area contributed by atoms with Gasteiger partial charge in [0.1, 0.15) is 12.1 Å². The van der Waals surface area contributed by atoms with E-state index in [2.05, 4.69) is 15.6 Å². The Hall–Kier alpha value is -4.04. The highest BCUT2D eigenvalue weighted by atomic mass is 32.1. The number of aromatic nitrogens is 1. The van der Waals surface area contributed by atoms with E-state index < -0.39 is 23.4 Å². The molecule has 7 nitrogen and oxygen atoms in total. The van der Waals surface area contributed by atoms with Crippen molar-refractivity contribution in [1.29, 1.82) is 0 Å². The average molecular weight is 471 g/mol. The molecule has 1 aromatic heterocycles. The summed E-state index contributed by atoms with van der Waals surface area (Å²) < 4.78 is 0. The highest BCUT2D eigenvalue weighted by molar-refractivity contribution is 7.15. The van der Waals surface area contributed by atoms with E-state index in [1.54, 1.807) is 13.1 Å². The van der Waals surface area contributed by atoms with Gasteiger partial charge < -0.3 is 10.6 Å². The van der Waals surface area contributed by atoms with Crippen LogP contribution in [-0.4, -0.2) is 34.3 Å². The first-order valence-corrected chi connectivity index (χ1v) is 11.7. The second kappa shape index (κ2) is 8.72. The Morgan fingerprint density at radius 1 is 1.03 bits per heavy atom. The second-order valence-corrected chi connectivity index (χ2v) is 9.47. The standard InChI is InChI=1S/C26H22N4O3S/c1-26(20-12-11-18-9-5-6-10-19(18)14-20)23(32)30(25(33)29-26)16-22(31)28-24-27-15-21(34-24)13-17-7-3-2-4-8-17/h2-12,14-15H,13,16H2,1H3,(H,29,33)(H,27,28,31)/t26-/m0/s1. The molecule has 0 spiro atoms. The molecule has 2 N–H and O–H groups in total. The molecule has 4 aromatic rings. The van der Waals surface area contributed by atoms with Gasteiger partial charge in [0.25, 0.3) is 5.91 Å². The third kappa shape index (κ3) is 4.15. The average Bonchev–Trinajstić information content (AvgIpc) is 3.36. The van der Waals surface area contributed by atoms with Crippen LogP contribution in [0.3, 0.4) is 0 Å². The summed E-state index contributed by atoms with van der Waals surface area (Å²) in [6.07, 6.45) is 2.43. The first-order chi connectivity index (χ1) is 16.4. The molecular weight excluding hydrogens is 448 g/mol. The van der Waals surface area contributed by atoms with Gasteiger partial charge in [-0.1, -0.05) is 66.7 Å². The van der Waals surface area contributed by atoms with Gasteiger partial charge in [-0.05, 0) is 34.9 Å². The molecule has 0 aliphatic carbocycles. The fraction of sp³-hybridized carbons (Fsp3) is 0.154. The largest absolute Gasteiger partial charge is 0.325 e. The van der Waals surface area contributed by atoms with Crippen LogP contribution in [0.2, 0.25) is 0 Å². The van der Waals surface area contributed by atoms with E-state index in [1.807, 2.05) is 72.8 Å². The Morgan fingerprint density at radius 2 is 1.76 bits per heavy atom. The molecule has 0 radical (unpaired) electrons. The van der Waals surface area contributed by atoms with Gasteiger partial charge in [0.2, 0.25) is 5.91 Å². The summed E-state index contributed by atoms with van der Waals surface area (Å²) in [5, 5.41) is 7.90. The number of urea groups is 1. The van der Waals surface area contributed by atoms with Crippen molar-refractivity contribution in [2.75, 3.05) is 11.9 Å². The lowest BCUT2D eigenvalue weighted by atomic mass is 9.90. The third-order valence-corrected chi connectivity index (χ3v) is 6.84. The van der Waals surface area contributed by atoms with Crippen LogP contribution in [0.1, 0.15) is 22.9 Å². The number of amides is 4. The maximum absolute atomic E-state index is 13.2. The molecule has 0 bridgehead atoms. The number of benzene rings is 3. The summed E-state index contributed by atoms with van der Waals surface area (Å²) >= 11 is 1.37. The van der Waals surface area contributed by atoms with E-state index in [0.717, 1.165) is 26.1 Å². The smallest absolute Gasteiger partial charge is 0.319 e. The van der Waals surface area contributed by atoms with Crippen LogP contribution in [0.25, 0.3) is 10.8 Å². The topological polar surface area (TPSA) is 91.4 Å². The molecule has 1 saturated heterocycles. The van der Waals surface area contributed by atoms with E-state index in [0.29, 0.717) is 17.1 Å². The summed E-state index contributed by atoms with van der Waals surface area (Å²) in [6, 6.07) is 22.8. The molecule has 170 valence electrons. The molecule has 4 amide bonds. The Labute approximate surface area is 200 Å². The highest BCUT2D eigenvalue weighted by Gasteiger charge is 2.49. The molecule has 3 aromatic carbocycles. The molecule has 5 rings (SSSR count). The molecule has 1 aliphatic rings. The summed E-state index contributed by atoms with van der Waals surface area (Å²) in [6.45, 7) is 1.27. The Balaban J connectivity index is 1.27. The SMILES string of the molecule is C[C@@]1(c2ccc3ccccc3c2)NC(=O)N(CC(=O)Nc2ncc(Cc3ccccc3)s2)C1=O. The number of carbonyl (C=O) groups excluding carboxylic acids is 3.